The summed E-state index contributed by atoms with van der Waals surface area (Å²) in [7, 11) is 0. The first-order valence-corrected chi connectivity index (χ1v) is 13.3. The molecule has 40 heavy (non-hydrogen) atoms. The van der Waals surface area contributed by atoms with Crippen molar-refractivity contribution in [2.75, 3.05) is 0 Å². The molecule has 8 aromatic rings. The molecular weight excluding hydrogens is 480 g/mol. The molecule has 0 aliphatic rings. The van der Waals surface area contributed by atoms with Crippen LogP contribution in [-0.4, -0.2) is 0 Å². The summed E-state index contributed by atoms with van der Waals surface area (Å²) < 4.78 is 64.8. The summed E-state index contributed by atoms with van der Waals surface area (Å²) in [5.41, 5.74) is 3.15. The van der Waals surface area contributed by atoms with Crippen LogP contribution in [0.2, 0.25) is 0 Å². The second kappa shape index (κ2) is 9.22. The van der Waals surface area contributed by atoms with E-state index >= 15 is 0 Å². The third-order valence-electron chi connectivity index (χ3n) is 7.66. The van der Waals surface area contributed by atoms with Crippen LogP contribution >= 0.6 is 0 Å². The van der Waals surface area contributed by atoms with Crippen molar-refractivity contribution in [2.45, 2.75) is 0 Å². The van der Waals surface area contributed by atoms with Crippen molar-refractivity contribution in [2.24, 2.45) is 0 Å². The van der Waals surface area contributed by atoms with Crippen molar-refractivity contribution in [1.82, 2.24) is 0 Å². The van der Waals surface area contributed by atoms with Gasteiger partial charge in [-0.05, 0) is 88.6 Å². The lowest BCUT2D eigenvalue weighted by Crippen LogP contribution is -1.93. The molecule has 0 spiro atoms. The van der Waals surface area contributed by atoms with E-state index in [1.807, 2.05) is 115 Å². The molecule has 0 atom stereocenters. The van der Waals surface area contributed by atoms with Crippen molar-refractivity contribution in [1.29, 1.82) is 0 Å². The molecule has 8 aromatic carbocycles. The van der Waals surface area contributed by atoms with E-state index in [1.54, 1.807) is 0 Å². The predicted molar refractivity (Wildman–Crippen MR) is 173 cm³/mol. The van der Waals surface area contributed by atoms with E-state index in [4.69, 9.17) is 2.74 Å². The molecule has 0 amide bonds. The van der Waals surface area contributed by atoms with Gasteiger partial charge in [0.2, 0.25) is 0 Å². The van der Waals surface area contributed by atoms with Crippen LogP contribution in [0.25, 0.3) is 76.5 Å². The zero-order valence-electron chi connectivity index (χ0n) is 28.5. The highest BCUT2D eigenvalue weighted by Gasteiger charge is 2.19. The van der Waals surface area contributed by atoms with Crippen molar-refractivity contribution in [3.05, 3.63) is 158 Å². The van der Waals surface area contributed by atoms with Gasteiger partial charge in [0, 0.05) is 0 Å². The average Bonchev–Trinajstić information content (AvgIpc) is 3.11. The number of hydrogen-bond acceptors (Lipinski definition) is 0. The van der Waals surface area contributed by atoms with Gasteiger partial charge in [0.05, 0.1) is 9.60 Å². The smallest absolute Gasteiger partial charge is 0.0622 e. The molecule has 0 aromatic heterocycles. The first-order valence-electron chi connectivity index (χ1n) is 16.8. The van der Waals surface area contributed by atoms with Gasteiger partial charge >= 0.3 is 0 Å². The highest BCUT2D eigenvalue weighted by Crippen LogP contribution is 2.47. The van der Waals surface area contributed by atoms with E-state index in [1.165, 1.54) is 0 Å². The lowest BCUT2D eigenvalue weighted by molar-refractivity contribution is 1.63. The van der Waals surface area contributed by atoms with Gasteiger partial charge < -0.3 is 0 Å². The Balaban J connectivity index is 1.74. The van der Waals surface area contributed by atoms with E-state index in [2.05, 4.69) is 0 Å². The van der Waals surface area contributed by atoms with E-state index in [9.17, 15) is 6.85 Å². The Kier molecular flexibility index (Phi) is 3.85. The van der Waals surface area contributed by atoms with E-state index in [0.29, 0.717) is 44.2 Å². The van der Waals surface area contributed by atoms with Gasteiger partial charge in [-0.15, -0.1) is 0 Å². The summed E-state index contributed by atoms with van der Waals surface area (Å²) in [6, 6.07) is 35.0. The Morgan fingerprint density at radius 3 is 1.70 bits per heavy atom. The number of fused-ring (bicyclic) bond motifs is 5. The first kappa shape index (κ1) is 16.7. The van der Waals surface area contributed by atoms with Crippen LogP contribution in [0.5, 0.6) is 0 Å². The molecular formula is C40H26. The minimum atomic E-state index is -0.378. The molecule has 0 fully saturated rings. The summed E-state index contributed by atoms with van der Waals surface area (Å²) in [6.45, 7) is 0. The van der Waals surface area contributed by atoms with Gasteiger partial charge in [-0.2, -0.15) is 0 Å². The quantitative estimate of drug-likeness (QED) is 0.163. The van der Waals surface area contributed by atoms with E-state index in [-0.39, 0.29) is 53.1 Å². The number of hydrogen-bond donors (Lipinski definition) is 0. The lowest BCUT2D eigenvalue weighted by Gasteiger charge is -2.20. The molecule has 0 unspecified atom stereocenters. The Hall–Kier alpha value is -5.20. The fraction of sp³-hybridized carbons (Fsp3) is 0. The van der Waals surface area contributed by atoms with Gasteiger partial charge in [-0.1, -0.05) is 145 Å². The highest BCUT2D eigenvalue weighted by molar-refractivity contribution is 6.26. The van der Waals surface area contributed by atoms with Gasteiger partial charge in [-0.3, -0.25) is 0 Å². The monoisotopic (exact) mass is 513 g/mol. The fourth-order valence-electron chi connectivity index (χ4n) is 5.89. The molecule has 8 rings (SSSR count). The molecule has 0 nitrogen and oxygen atoms in total. The van der Waals surface area contributed by atoms with Crippen LogP contribution in [0, 0.1) is 0 Å². The molecule has 0 N–H and O–H groups in total. The average molecular weight is 514 g/mol. The minimum Gasteiger partial charge on any atom is -0.0622 e. The minimum absolute atomic E-state index is 0.0340. The van der Waals surface area contributed by atoms with Crippen LogP contribution in [0.15, 0.2) is 158 Å². The Bertz CT molecular complexity index is 2580. The second-order valence-electron chi connectivity index (χ2n) is 9.92. The largest absolute Gasteiger partial charge is 0.0636 e. The third kappa shape index (κ3) is 3.54. The summed E-state index contributed by atoms with van der Waals surface area (Å²) in [4.78, 5) is 0. The zero-order chi connectivity index (χ0) is 32.6. The predicted octanol–water partition coefficient (Wildman–Crippen LogP) is 11.3. The normalized spacial score (nSPS) is 13.9. The lowest BCUT2D eigenvalue weighted by atomic mass is 9.83. The molecule has 0 radical (unpaired) electrons. The Morgan fingerprint density at radius 1 is 0.375 bits per heavy atom. The van der Waals surface area contributed by atoms with Crippen LogP contribution < -0.4 is 0 Å². The van der Waals surface area contributed by atoms with Crippen molar-refractivity contribution < 1.29 is 9.60 Å². The number of benzene rings is 8. The molecule has 0 saturated heterocycles. The van der Waals surface area contributed by atoms with Gasteiger partial charge in [0.15, 0.2) is 0 Å². The van der Waals surface area contributed by atoms with Crippen LogP contribution in [0.4, 0.5) is 0 Å². The van der Waals surface area contributed by atoms with Gasteiger partial charge in [0.25, 0.3) is 0 Å². The third-order valence-corrected chi connectivity index (χ3v) is 7.66. The highest BCUT2D eigenvalue weighted by atomic mass is 14.2. The van der Waals surface area contributed by atoms with Crippen molar-refractivity contribution >= 4 is 43.1 Å². The van der Waals surface area contributed by atoms with Crippen LogP contribution in [-0.2, 0) is 0 Å². The Labute approximate surface area is 243 Å². The molecule has 0 aliphatic carbocycles. The molecule has 0 bridgehead atoms. The maximum atomic E-state index is 9.76. The van der Waals surface area contributed by atoms with E-state index in [0.717, 1.165) is 21.5 Å². The number of rotatable bonds is 3. The SMILES string of the molecule is [2H]c1c([2H])c([2H])c2c(-c3cc4ccccc4c4ccccc34)c3c([2H])c([2H])c(-c4ccccc4)c([2H])c3c(-c3ccccc3)c2c1[2H]. The van der Waals surface area contributed by atoms with Crippen LogP contribution in [0.3, 0.4) is 0 Å². The van der Waals surface area contributed by atoms with Gasteiger partial charge in [-0.25, -0.2) is 0 Å². The molecule has 186 valence electrons. The zero-order valence-corrected chi connectivity index (χ0v) is 21.5. The maximum absolute atomic E-state index is 9.76. The first-order chi connectivity index (χ1) is 22.8. The Morgan fingerprint density at radius 2 is 0.950 bits per heavy atom. The van der Waals surface area contributed by atoms with Crippen molar-refractivity contribution in [3.8, 4) is 33.4 Å². The van der Waals surface area contributed by atoms with Gasteiger partial charge in [0.1, 0.15) is 0 Å². The molecule has 0 aliphatic heterocycles. The summed E-state index contributed by atoms with van der Waals surface area (Å²) in [5.74, 6) is 0. The second-order valence-corrected chi connectivity index (χ2v) is 9.92. The van der Waals surface area contributed by atoms with Crippen LogP contribution in [0.1, 0.15) is 9.60 Å². The molecule has 0 heteroatoms. The van der Waals surface area contributed by atoms with E-state index < -0.39 is 0 Å². The standard InChI is InChI=1S/C40H26/c1-3-13-27(14-4-1)29-23-24-36-38(25-29)39(28-15-5-2-6-16-28)34-21-11-12-22-35(34)40(36)37-26-30-17-7-8-18-31(30)32-19-9-10-20-33(32)37/h1-26H/i11D,12D,21D,22D,23D,24D,25D. The molecule has 0 heterocycles. The summed E-state index contributed by atoms with van der Waals surface area (Å²) in [5, 5.41) is 5.01. The topological polar surface area (TPSA) is 0 Å². The maximum Gasteiger partial charge on any atom is 0.0636 e. The fourth-order valence-corrected chi connectivity index (χ4v) is 5.89. The van der Waals surface area contributed by atoms with Crippen molar-refractivity contribution in [3.63, 3.8) is 0 Å². The summed E-state index contributed by atoms with van der Waals surface area (Å²) >= 11 is 0. The summed E-state index contributed by atoms with van der Waals surface area (Å²) in [6.07, 6.45) is 0. The molecule has 0 saturated carbocycles.